The van der Waals surface area contributed by atoms with Crippen LogP contribution in [0, 0.1) is 11.8 Å². The molecule has 1 aliphatic carbocycles. The Morgan fingerprint density at radius 2 is 1.96 bits per heavy atom. The van der Waals surface area contributed by atoms with Crippen molar-refractivity contribution in [2.45, 2.75) is 77.0 Å². The summed E-state index contributed by atoms with van der Waals surface area (Å²) in [6.45, 7) is 7.48. The Labute approximate surface area is 156 Å². The van der Waals surface area contributed by atoms with Gasteiger partial charge in [-0.05, 0) is 58.3 Å². The maximum Gasteiger partial charge on any atom is 0.409 e. The SMILES string of the molecule is CCN(CC)C(=O)OCC[C@@H]1CCC[C@@H]2CC[C@@]3(C)OO[C@]21[C@H](OC)O3. The minimum absolute atomic E-state index is 0.165. The number of carbonyl (C=O) groups is 1. The van der Waals surface area contributed by atoms with Gasteiger partial charge in [0.05, 0.1) is 6.61 Å². The molecule has 4 fully saturated rings. The molecule has 0 aromatic heterocycles. The topological polar surface area (TPSA) is 66.5 Å². The maximum absolute atomic E-state index is 12.1. The van der Waals surface area contributed by atoms with E-state index < -0.39 is 17.7 Å². The van der Waals surface area contributed by atoms with Gasteiger partial charge in [-0.25, -0.2) is 14.6 Å². The number of hydrogen-bond acceptors (Lipinski definition) is 6. The lowest BCUT2D eigenvalue weighted by Crippen LogP contribution is -2.63. The van der Waals surface area contributed by atoms with Gasteiger partial charge < -0.3 is 19.1 Å². The molecule has 0 unspecified atom stereocenters. The van der Waals surface area contributed by atoms with Crippen LogP contribution >= 0.6 is 0 Å². The summed E-state index contributed by atoms with van der Waals surface area (Å²) in [5.41, 5.74) is -0.620. The van der Waals surface area contributed by atoms with E-state index in [4.69, 9.17) is 24.0 Å². The Bertz CT molecular complexity index is 498. The number of hydrogen-bond donors (Lipinski definition) is 0. The molecule has 2 bridgehead atoms. The largest absolute Gasteiger partial charge is 0.449 e. The van der Waals surface area contributed by atoms with Crippen molar-refractivity contribution in [1.29, 1.82) is 0 Å². The van der Waals surface area contributed by atoms with Gasteiger partial charge in [-0.1, -0.05) is 6.42 Å². The van der Waals surface area contributed by atoms with Crippen LogP contribution in [0.15, 0.2) is 0 Å². The Morgan fingerprint density at radius 3 is 2.65 bits per heavy atom. The van der Waals surface area contributed by atoms with Crippen LogP contribution in [0.2, 0.25) is 0 Å². The number of ether oxygens (including phenoxy) is 3. The van der Waals surface area contributed by atoms with Gasteiger partial charge in [0.2, 0.25) is 5.79 Å². The number of methoxy groups -OCH3 is 1. The van der Waals surface area contributed by atoms with Gasteiger partial charge in [0.1, 0.15) is 0 Å². The molecule has 3 heterocycles. The number of carbonyl (C=O) groups excluding carboxylic acids is 1. The number of rotatable bonds is 6. The van der Waals surface area contributed by atoms with Crippen molar-refractivity contribution >= 4 is 6.09 Å². The lowest BCUT2D eigenvalue weighted by Gasteiger charge is -2.53. The minimum Gasteiger partial charge on any atom is -0.449 e. The van der Waals surface area contributed by atoms with E-state index in [1.165, 1.54) is 0 Å². The minimum atomic E-state index is -0.747. The fourth-order valence-electron chi connectivity index (χ4n) is 4.82. The van der Waals surface area contributed by atoms with E-state index >= 15 is 0 Å². The Hall–Kier alpha value is -0.890. The first-order chi connectivity index (χ1) is 12.5. The molecular formula is C19H33NO6. The third-order valence-corrected chi connectivity index (χ3v) is 6.34. The van der Waals surface area contributed by atoms with Crippen molar-refractivity contribution in [3.05, 3.63) is 0 Å². The zero-order valence-corrected chi connectivity index (χ0v) is 16.5. The zero-order valence-electron chi connectivity index (χ0n) is 16.5. The highest BCUT2D eigenvalue weighted by atomic mass is 17.3. The van der Waals surface area contributed by atoms with E-state index in [-0.39, 0.29) is 12.0 Å². The normalized spacial score (nSPS) is 39.2. The number of fused-ring (bicyclic) bond motifs is 3. The summed E-state index contributed by atoms with van der Waals surface area (Å²) in [4.78, 5) is 25.5. The standard InChI is InChI=1S/C19H33NO6/c1-5-20(6-2)17(21)23-13-11-15-9-7-8-14-10-12-18(3)24-16(22-4)19(14,15)26-25-18/h14-16H,5-13H2,1-4H3/t14-,15+,16-,18-,19-/m1/s1. The molecule has 26 heavy (non-hydrogen) atoms. The molecule has 150 valence electrons. The number of nitrogens with zero attached hydrogens (tertiary/aromatic N) is 1. The predicted molar refractivity (Wildman–Crippen MR) is 94.1 cm³/mol. The summed E-state index contributed by atoms with van der Waals surface area (Å²) in [5, 5.41) is 0. The molecule has 7 nitrogen and oxygen atoms in total. The van der Waals surface area contributed by atoms with Gasteiger partial charge >= 0.3 is 6.09 Å². The fourth-order valence-corrected chi connectivity index (χ4v) is 4.82. The van der Waals surface area contributed by atoms with E-state index in [1.54, 1.807) is 12.0 Å². The van der Waals surface area contributed by atoms with Crippen LogP contribution in [0.25, 0.3) is 0 Å². The van der Waals surface area contributed by atoms with Crippen LogP contribution in [0.1, 0.15) is 59.3 Å². The molecule has 0 radical (unpaired) electrons. The molecule has 1 amide bonds. The summed E-state index contributed by atoms with van der Waals surface area (Å²) < 4.78 is 17.4. The van der Waals surface area contributed by atoms with Crippen LogP contribution in [0.5, 0.6) is 0 Å². The molecule has 7 heteroatoms. The van der Waals surface area contributed by atoms with Gasteiger partial charge in [-0.2, -0.15) is 0 Å². The Balaban J connectivity index is 1.70. The highest BCUT2D eigenvalue weighted by molar-refractivity contribution is 5.67. The first kappa shape index (κ1) is 19.9. The smallest absolute Gasteiger partial charge is 0.409 e. The first-order valence-electron chi connectivity index (χ1n) is 9.98. The van der Waals surface area contributed by atoms with Crippen molar-refractivity contribution < 1.29 is 28.8 Å². The third kappa shape index (κ3) is 3.46. The van der Waals surface area contributed by atoms with E-state index in [1.807, 2.05) is 20.8 Å². The molecule has 0 aromatic rings. The predicted octanol–water partition coefficient (Wildman–Crippen LogP) is 3.47. The summed E-state index contributed by atoms with van der Waals surface area (Å²) in [6, 6.07) is 0. The van der Waals surface area contributed by atoms with Crippen molar-refractivity contribution in [3.63, 3.8) is 0 Å². The maximum atomic E-state index is 12.1. The van der Waals surface area contributed by atoms with Gasteiger partial charge in [-0.3, -0.25) is 0 Å². The van der Waals surface area contributed by atoms with E-state index in [0.29, 0.717) is 32.0 Å². The summed E-state index contributed by atoms with van der Waals surface area (Å²) in [6.07, 6.45) is 4.99. The fraction of sp³-hybridized carbons (Fsp3) is 0.947. The Kier molecular flexibility index (Phi) is 6.11. The first-order valence-corrected chi connectivity index (χ1v) is 9.98. The second-order valence-electron chi connectivity index (χ2n) is 7.78. The molecule has 1 saturated carbocycles. The highest BCUT2D eigenvalue weighted by Gasteiger charge is 2.63. The summed E-state index contributed by atoms with van der Waals surface area (Å²) in [5.74, 6) is -0.254. The molecule has 4 rings (SSSR count). The molecule has 3 aliphatic heterocycles. The lowest BCUT2D eigenvalue weighted by molar-refractivity contribution is -0.554. The Morgan fingerprint density at radius 1 is 1.19 bits per heavy atom. The molecule has 1 spiro atoms. The second kappa shape index (κ2) is 8.00. The third-order valence-electron chi connectivity index (χ3n) is 6.34. The van der Waals surface area contributed by atoms with Gasteiger partial charge in [0.15, 0.2) is 11.9 Å². The van der Waals surface area contributed by atoms with E-state index in [9.17, 15) is 4.79 Å². The van der Waals surface area contributed by atoms with E-state index in [0.717, 1.165) is 32.1 Å². The van der Waals surface area contributed by atoms with Crippen LogP contribution in [0.4, 0.5) is 4.79 Å². The van der Waals surface area contributed by atoms with Crippen LogP contribution in [-0.4, -0.2) is 55.5 Å². The molecule has 5 atom stereocenters. The molecule has 0 aromatic carbocycles. The average Bonchev–Trinajstić information content (AvgIpc) is 2.87. The number of amides is 1. The van der Waals surface area contributed by atoms with Gasteiger partial charge in [0.25, 0.3) is 0 Å². The van der Waals surface area contributed by atoms with Crippen molar-refractivity contribution in [3.8, 4) is 0 Å². The van der Waals surface area contributed by atoms with Crippen molar-refractivity contribution in [2.75, 3.05) is 26.8 Å². The van der Waals surface area contributed by atoms with Gasteiger partial charge in [-0.15, -0.1) is 0 Å². The highest BCUT2D eigenvalue weighted by Crippen LogP contribution is 2.55. The summed E-state index contributed by atoms with van der Waals surface area (Å²) >= 11 is 0. The van der Waals surface area contributed by atoms with Crippen LogP contribution in [0.3, 0.4) is 0 Å². The van der Waals surface area contributed by atoms with Crippen LogP contribution < -0.4 is 0 Å². The quantitative estimate of drug-likeness (QED) is 0.666. The molecule has 0 N–H and O–H groups in total. The monoisotopic (exact) mass is 371 g/mol. The van der Waals surface area contributed by atoms with Crippen LogP contribution in [-0.2, 0) is 24.0 Å². The van der Waals surface area contributed by atoms with Crippen molar-refractivity contribution in [2.24, 2.45) is 11.8 Å². The zero-order chi connectivity index (χ0) is 18.8. The summed E-state index contributed by atoms with van der Waals surface area (Å²) in [7, 11) is 1.66. The molecular weight excluding hydrogens is 338 g/mol. The average molecular weight is 371 g/mol. The molecule has 4 aliphatic rings. The lowest BCUT2D eigenvalue weighted by atomic mass is 9.65. The molecule has 3 saturated heterocycles. The van der Waals surface area contributed by atoms with E-state index in [2.05, 4.69) is 0 Å². The van der Waals surface area contributed by atoms with Crippen molar-refractivity contribution in [1.82, 2.24) is 4.90 Å². The van der Waals surface area contributed by atoms with Gasteiger partial charge in [0, 0.05) is 26.6 Å². The second-order valence-corrected chi connectivity index (χ2v) is 7.78.